The summed E-state index contributed by atoms with van der Waals surface area (Å²) >= 11 is 0. The fourth-order valence-corrected chi connectivity index (χ4v) is 4.72. The van der Waals surface area contributed by atoms with Crippen LogP contribution in [0.25, 0.3) is 0 Å². The third-order valence-electron chi connectivity index (χ3n) is 4.98. The quantitative estimate of drug-likeness (QED) is 0.708. The van der Waals surface area contributed by atoms with Gasteiger partial charge in [-0.15, -0.1) is 0 Å². The van der Waals surface area contributed by atoms with E-state index in [9.17, 15) is 17.6 Å². The predicted molar refractivity (Wildman–Crippen MR) is 111 cm³/mol. The van der Waals surface area contributed by atoms with E-state index in [0.717, 1.165) is 5.56 Å². The molecule has 1 fully saturated rings. The normalized spacial score (nSPS) is 15.2. The number of benzene rings is 2. The largest absolute Gasteiger partial charge is 0.337 e. The Morgan fingerprint density at radius 3 is 2.31 bits per heavy atom. The second kappa shape index (κ2) is 9.96. The van der Waals surface area contributed by atoms with Gasteiger partial charge in [-0.3, -0.25) is 4.79 Å². The first-order valence-electron chi connectivity index (χ1n) is 9.73. The Morgan fingerprint density at radius 2 is 1.66 bits per heavy atom. The first-order valence-corrected chi connectivity index (χ1v) is 11.3. The highest BCUT2D eigenvalue weighted by Crippen LogP contribution is 2.11. The van der Waals surface area contributed by atoms with Crippen LogP contribution in [0, 0.1) is 5.82 Å². The highest BCUT2D eigenvalue weighted by Gasteiger charge is 2.26. The minimum Gasteiger partial charge on any atom is -0.337 e. The van der Waals surface area contributed by atoms with Crippen molar-refractivity contribution in [1.82, 2.24) is 14.5 Å². The first kappa shape index (κ1) is 21.4. The molecule has 1 amide bonds. The molecule has 0 bridgehead atoms. The first-order chi connectivity index (χ1) is 14.0. The molecule has 0 spiro atoms. The van der Waals surface area contributed by atoms with E-state index >= 15 is 0 Å². The Balaban J connectivity index is 1.70. The van der Waals surface area contributed by atoms with Crippen molar-refractivity contribution in [3.05, 3.63) is 71.5 Å². The van der Waals surface area contributed by atoms with E-state index in [-0.39, 0.29) is 18.2 Å². The lowest BCUT2D eigenvalue weighted by molar-refractivity contribution is 0.0767. The maximum atomic E-state index is 13.2. The summed E-state index contributed by atoms with van der Waals surface area (Å²) in [5, 5.41) is 3.13. The van der Waals surface area contributed by atoms with E-state index in [1.54, 1.807) is 4.90 Å². The zero-order valence-electron chi connectivity index (χ0n) is 16.3. The topological polar surface area (TPSA) is 69.7 Å². The summed E-state index contributed by atoms with van der Waals surface area (Å²) < 4.78 is 40.0. The number of nitrogens with one attached hydrogen (secondary N) is 1. The van der Waals surface area contributed by atoms with Crippen molar-refractivity contribution < 1.29 is 17.6 Å². The van der Waals surface area contributed by atoms with Crippen LogP contribution in [0.1, 0.15) is 15.9 Å². The van der Waals surface area contributed by atoms with E-state index in [1.807, 2.05) is 30.3 Å². The number of amides is 1. The molecule has 1 aliphatic heterocycles. The fourth-order valence-electron chi connectivity index (χ4n) is 3.28. The third-order valence-corrected chi connectivity index (χ3v) is 6.83. The molecule has 6 nitrogen and oxygen atoms in total. The van der Waals surface area contributed by atoms with Crippen molar-refractivity contribution in [3.63, 3.8) is 0 Å². The molecule has 0 aliphatic carbocycles. The minimum atomic E-state index is -3.44. The number of sulfonamides is 1. The van der Waals surface area contributed by atoms with Crippen molar-refractivity contribution in [3.8, 4) is 0 Å². The van der Waals surface area contributed by atoms with Gasteiger partial charge in [0.15, 0.2) is 0 Å². The van der Waals surface area contributed by atoms with Crippen LogP contribution in [0.5, 0.6) is 0 Å². The predicted octanol–water partition coefficient (Wildman–Crippen LogP) is 1.75. The SMILES string of the molecule is O=C(c1ccc(F)cc1)N(CCc1ccccc1)CCS(=O)(=O)N1CCNCC1. The molecule has 3 rings (SSSR count). The van der Waals surface area contributed by atoms with Crippen LogP contribution in [0.15, 0.2) is 54.6 Å². The van der Waals surface area contributed by atoms with Gasteiger partial charge in [0.05, 0.1) is 5.75 Å². The minimum absolute atomic E-state index is 0.0926. The van der Waals surface area contributed by atoms with Crippen LogP contribution in [-0.4, -0.2) is 68.6 Å². The Morgan fingerprint density at radius 1 is 1.00 bits per heavy atom. The summed E-state index contributed by atoms with van der Waals surface area (Å²) in [4.78, 5) is 14.5. The zero-order chi connectivity index (χ0) is 20.7. The van der Waals surface area contributed by atoms with Gasteiger partial charge in [0.2, 0.25) is 10.0 Å². The lowest BCUT2D eigenvalue weighted by atomic mass is 10.1. The Bertz CT molecular complexity index is 899. The maximum Gasteiger partial charge on any atom is 0.253 e. The number of carbonyl (C=O) groups is 1. The lowest BCUT2D eigenvalue weighted by Gasteiger charge is -2.28. The molecule has 0 saturated carbocycles. The van der Waals surface area contributed by atoms with E-state index in [0.29, 0.717) is 44.7 Å². The van der Waals surface area contributed by atoms with Crippen molar-refractivity contribution >= 4 is 15.9 Å². The summed E-state index contributed by atoms with van der Waals surface area (Å²) in [5.41, 5.74) is 1.41. The number of halogens is 1. The second-order valence-electron chi connectivity index (χ2n) is 7.00. The maximum absolute atomic E-state index is 13.2. The molecule has 1 saturated heterocycles. The van der Waals surface area contributed by atoms with Crippen molar-refractivity contribution in [2.45, 2.75) is 6.42 Å². The molecule has 0 radical (unpaired) electrons. The van der Waals surface area contributed by atoms with Gasteiger partial charge >= 0.3 is 0 Å². The summed E-state index contributed by atoms with van der Waals surface area (Å²) in [6, 6.07) is 15.0. The highest BCUT2D eigenvalue weighted by atomic mass is 32.2. The van der Waals surface area contributed by atoms with E-state index in [1.165, 1.54) is 28.6 Å². The Hall–Kier alpha value is -2.29. The van der Waals surface area contributed by atoms with Crippen LogP contribution in [0.3, 0.4) is 0 Å². The summed E-state index contributed by atoms with van der Waals surface area (Å²) in [5.74, 6) is -0.843. The molecular formula is C21H26FN3O3S. The monoisotopic (exact) mass is 419 g/mol. The number of hydrogen-bond acceptors (Lipinski definition) is 4. The van der Waals surface area contributed by atoms with Crippen LogP contribution in [0.2, 0.25) is 0 Å². The standard InChI is InChI=1S/C21H26FN3O3S/c22-20-8-6-19(7-9-20)21(26)24(13-10-18-4-2-1-3-5-18)16-17-29(27,28)25-14-11-23-12-15-25/h1-9,23H,10-17H2. The molecule has 8 heteroatoms. The van der Waals surface area contributed by atoms with Crippen LogP contribution < -0.4 is 5.32 Å². The molecule has 0 atom stereocenters. The van der Waals surface area contributed by atoms with Crippen molar-refractivity contribution in [1.29, 1.82) is 0 Å². The molecule has 1 aliphatic rings. The van der Waals surface area contributed by atoms with E-state index < -0.39 is 15.8 Å². The average molecular weight is 420 g/mol. The van der Waals surface area contributed by atoms with Gasteiger partial charge in [0, 0.05) is 44.8 Å². The van der Waals surface area contributed by atoms with Gasteiger partial charge in [-0.1, -0.05) is 30.3 Å². The Kier molecular flexibility index (Phi) is 7.35. The second-order valence-corrected chi connectivity index (χ2v) is 9.09. The number of rotatable bonds is 8. The van der Waals surface area contributed by atoms with Gasteiger partial charge in [0.1, 0.15) is 5.82 Å². The molecular weight excluding hydrogens is 393 g/mol. The van der Waals surface area contributed by atoms with E-state index in [2.05, 4.69) is 5.32 Å². The molecule has 1 N–H and O–H groups in total. The molecule has 0 aromatic heterocycles. The Labute approximate surface area is 171 Å². The fraction of sp³-hybridized carbons (Fsp3) is 0.381. The van der Waals surface area contributed by atoms with Crippen molar-refractivity contribution in [2.75, 3.05) is 45.0 Å². The van der Waals surface area contributed by atoms with Gasteiger partial charge in [-0.2, -0.15) is 4.31 Å². The van der Waals surface area contributed by atoms with E-state index in [4.69, 9.17) is 0 Å². The van der Waals surface area contributed by atoms with Gasteiger partial charge < -0.3 is 10.2 Å². The summed E-state index contributed by atoms with van der Waals surface area (Å²) in [6.07, 6.45) is 0.613. The lowest BCUT2D eigenvalue weighted by Crippen LogP contribution is -2.48. The zero-order valence-corrected chi connectivity index (χ0v) is 17.1. The smallest absolute Gasteiger partial charge is 0.253 e. The van der Waals surface area contributed by atoms with Crippen molar-refractivity contribution in [2.24, 2.45) is 0 Å². The molecule has 0 unspecified atom stereocenters. The number of nitrogens with zero attached hydrogens (tertiary/aromatic N) is 2. The third kappa shape index (κ3) is 6.09. The molecule has 2 aromatic carbocycles. The molecule has 1 heterocycles. The van der Waals surface area contributed by atoms with Gasteiger partial charge in [-0.05, 0) is 36.2 Å². The molecule has 29 heavy (non-hydrogen) atoms. The van der Waals surface area contributed by atoms with Gasteiger partial charge in [-0.25, -0.2) is 12.8 Å². The summed E-state index contributed by atoms with van der Waals surface area (Å²) in [7, 11) is -3.44. The molecule has 2 aromatic rings. The number of carbonyl (C=O) groups excluding carboxylic acids is 1. The number of piperazine rings is 1. The molecule has 156 valence electrons. The highest BCUT2D eigenvalue weighted by molar-refractivity contribution is 7.89. The van der Waals surface area contributed by atoms with Gasteiger partial charge in [0.25, 0.3) is 5.91 Å². The van der Waals surface area contributed by atoms with Crippen LogP contribution in [-0.2, 0) is 16.4 Å². The van der Waals surface area contributed by atoms with Crippen LogP contribution >= 0.6 is 0 Å². The number of hydrogen-bond donors (Lipinski definition) is 1. The average Bonchev–Trinajstić information content (AvgIpc) is 2.75. The summed E-state index contributed by atoms with van der Waals surface area (Å²) in [6.45, 7) is 2.63. The van der Waals surface area contributed by atoms with Crippen LogP contribution in [0.4, 0.5) is 4.39 Å².